The molecule has 0 saturated heterocycles. The van der Waals surface area contributed by atoms with Crippen molar-refractivity contribution in [3.63, 3.8) is 0 Å². The number of nitrogens with zero attached hydrogens (tertiary/aromatic N) is 1. The van der Waals surface area contributed by atoms with Crippen LogP contribution in [0.4, 0.5) is 0 Å². The number of rotatable bonds is 7. The molecule has 7 heteroatoms. The predicted molar refractivity (Wildman–Crippen MR) is 64.6 cm³/mol. The molecule has 0 aromatic rings. The molecule has 0 amide bonds. The first-order valence-electron chi connectivity index (χ1n) is 5.60. The molecular weight excluding hydrogens is 245 g/mol. The molecular formula is C10H24NO5P. The van der Waals surface area contributed by atoms with E-state index in [-0.39, 0.29) is 5.92 Å². The lowest BCUT2D eigenvalue weighted by Gasteiger charge is -2.34. The standard InChI is InChI=1S/C10H24NO5P/c1-8(2)6-9(16-17(13,14)15)7-10(3,4)11(5)12/h8-9,12H,6-7H2,1-5H3,(H2,13,14,15). The van der Waals surface area contributed by atoms with Crippen molar-refractivity contribution in [1.29, 1.82) is 0 Å². The minimum absolute atomic E-state index is 0.256. The Morgan fingerprint density at radius 2 is 1.82 bits per heavy atom. The van der Waals surface area contributed by atoms with Gasteiger partial charge in [0.2, 0.25) is 0 Å². The zero-order valence-electron chi connectivity index (χ0n) is 11.1. The third kappa shape index (κ3) is 7.86. The van der Waals surface area contributed by atoms with E-state index >= 15 is 0 Å². The van der Waals surface area contributed by atoms with Crippen molar-refractivity contribution in [3.8, 4) is 0 Å². The topological polar surface area (TPSA) is 90.2 Å². The normalized spacial score (nSPS) is 15.6. The first kappa shape index (κ1) is 17.0. The molecule has 0 aliphatic rings. The summed E-state index contributed by atoms with van der Waals surface area (Å²) in [6.45, 7) is 7.46. The molecule has 0 aromatic carbocycles. The van der Waals surface area contributed by atoms with Crippen LogP contribution in [0, 0.1) is 5.92 Å². The van der Waals surface area contributed by atoms with E-state index in [9.17, 15) is 9.77 Å². The average molecular weight is 269 g/mol. The predicted octanol–water partition coefficient (Wildman–Crippen LogP) is 2.00. The molecule has 0 aliphatic carbocycles. The lowest BCUT2D eigenvalue weighted by atomic mass is 9.92. The van der Waals surface area contributed by atoms with Crippen LogP contribution in [-0.2, 0) is 9.09 Å². The van der Waals surface area contributed by atoms with Gasteiger partial charge in [-0.2, -0.15) is 5.06 Å². The van der Waals surface area contributed by atoms with E-state index in [0.29, 0.717) is 12.8 Å². The Kier molecular flexibility index (Phi) is 6.28. The number of phosphoric acid groups is 1. The highest BCUT2D eigenvalue weighted by Crippen LogP contribution is 2.41. The van der Waals surface area contributed by atoms with Crippen molar-refractivity contribution in [3.05, 3.63) is 0 Å². The minimum atomic E-state index is -4.49. The molecule has 3 N–H and O–H groups in total. The fraction of sp³-hybridized carbons (Fsp3) is 1.00. The lowest BCUT2D eigenvalue weighted by Crippen LogP contribution is -2.42. The second-order valence-electron chi connectivity index (χ2n) is 5.39. The number of hydrogen-bond acceptors (Lipinski definition) is 4. The molecule has 0 saturated carbocycles. The van der Waals surface area contributed by atoms with Gasteiger partial charge in [-0.05, 0) is 32.6 Å². The molecule has 0 aliphatic heterocycles. The maximum atomic E-state index is 10.9. The number of hydroxylamine groups is 2. The summed E-state index contributed by atoms with van der Waals surface area (Å²) >= 11 is 0. The van der Waals surface area contributed by atoms with Crippen LogP contribution in [0.3, 0.4) is 0 Å². The Morgan fingerprint density at radius 3 is 2.12 bits per heavy atom. The van der Waals surface area contributed by atoms with Crippen molar-refractivity contribution < 1.29 is 24.1 Å². The highest BCUT2D eigenvalue weighted by Gasteiger charge is 2.31. The van der Waals surface area contributed by atoms with Crippen LogP contribution < -0.4 is 0 Å². The molecule has 6 nitrogen and oxygen atoms in total. The molecule has 0 spiro atoms. The van der Waals surface area contributed by atoms with Gasteiger partial charge in [0, 0.05) is 12.6 Å². The Morgan fingerprint density at radius 1 is 1.35 bits per heavy atom. The zero-order chi connectivity index (χ0) is 13.9. The van der Waals surface area contributed by atoms with Crippen LogP contribution in [0.5, 0.6) is 0 Å². The monoisotopic (exact) mass is 269 g/mol. The maximum Gasteiger partial charge on any atom is 0.469 e. The zero-order valence-corrected chi connectivity index (χ0v) is 12.0. The van der Waals surface area contributed by atoms with Crippen molar-refractivity contribution in [2.24, 2.45) is 5.92 Å². The molecule has 0 bridgehead atoms. The maximum absolute atomic E-state index is 10.9. The molecule has 1 unspecified atom stereocenters. The van der Waals surface area contributed by atoms with Crippen molar-refractivity contribution >= 4 is 7.82 Å². The highest BCUT2D eigenvalue weighted by atomic mass is 31.2. The van der Waals surface area contributed by atoms with Gasteiger partial charge in [-0.1, -0.05) is 13.8 Å². The van der Waals surface area contributed by atoms with E-state index in [1.165, 1.54) is 7.05 Å². The van der Waals surface area contributed by atoms with Crippen molar-refractivity contribution in [2.75, 3.05) is 7.05 Å². The quantitative estimate of drug-likeness (QED) is 0.484. The minimum Gasteiger partial charge on any atom is -0.314 e. The first-order chi connectivity index (χ1) is 7.44. The van der Waals surface area contributed by atoms with Crippen LogP contribution in [0.2, 0.25) is 0 Å². The molecule has 0 heterocycles. The van der Waals surface area contributed by atoms with Gasteiger partial charge in [-0.25, -0.2) is 4.57 Å². The van der Waals surface area contributed by atoms with Crippen LogP contribution in [0.15, 0.2) is 0 Å². The number of hydrogen-bond donors (Lipinski definition) is 3. The van der Waals surface area contributed by atoms with Gasteiger partial charge in [0.1, 0.15) is 0 Å². The summed E-state index contributed by atoms with van der Waals surface area (Å²) in [5, 5.41) is 10.5. The van der Waals surface area contributed by atoms with E-state index in [1.807, 2.05) is 13.8 Å². The van der Waals surface area contributed by atoms with E-state index in [2.05, 4.69) is 0 Å². The van der Waals surface area contributed by atoms with Gasteiger partial charge in [0.15, 0.2) is 0 Å². The summed E-state index contributed by atoms with van der Waals surface area (Å²) < 4.78 is 15.6. The smallest absolute Gasteiger partial charge is 0.314 e. The van der Waals surface area contributed by atoms with Gasteiger partial charge < -0.3 is 15.0 Å². The largest absolute Gasteiger partial charge is 0.469 e. The summed E-state index contributed by atoms with van der Waals surface area (Å²) in [7, 11) is -2.99. The Labute approximate surface area is 103 Å². The van der Waals surface area contributed by atoms with E-state index in [0.717, 1.165) is 5.06 Å². The lowest BCUT2D eigenvalue weighted by molar-refractivity contribution is -0.150. The van der Waals surface area contributed by atoms with E-state index < -0.39 is 19.5 Å². The van der Waals surface area contributed by atoms with E-state index in [1.54, 1.807) is 13.8 Å². The molecule has 1 atom stereocenters. The molecule has 0 radical (unpaired) electrons. The summed E-state index contributed by atoms with van der Waals surface area (Å²) in [6, 6.07) is 0. The van der Waals surface area contributed by atoms with Crippen LogP contribution in [0.1, 0.15) is 40.5 Å². The summed E-state index contributed by atoms with van der Waals surface area (Å²) in [6.07, 6.45) is 0.284. The van der Waals surface area contributed by atoms with Crippen molar-refractivity contribution in [2.45, 2.75) is 52.2 Å². The fourth-order valence-electron chi connectivity index (χ4n) is 1.57. The molecule has 0 aromatic heterocycles. The number of phosphoric ester groups is 1. The highest BCUT2D eigenvalue weighted by molar-refractivity contribution is 7.46. The van der Waals surface area contributed by atoms with Gasteiger partial charge >= 0.3 is 7.82 Å². The van der Waals surface area contributed by atoms with Crippen LogP contribution >= 0.6 is 7.82 Å². The summed E-state index contributed by atoms with van der Waals surface area (Å²) in [5.74, 6) is 0.256. The second-order valence-corrected chi connectivity index (χ2v) is 6.58. The van der Waals surface area contributed by atoms with Crippen LogP contribution in [-0.4, -0.2) is 38.7 Å². The van der Waals surface area contributed by atoms with Gasteiger partial charge in [-0.3, -0.25) is 4.52 Å². The molecule has 104 valence electrons. The third-order valence-electron chi connectivity index (χ3n) is 2.62. The fourth-order valence-corrected chi connectivity index (χ4v) is 2.12. The van der Waals surface area contributed by atoms with Gasteiger partial charge in [0.25, 0.3) is 0 Å². The summed E-state index contributed by atoms with van der Waals surface area (Å²) in [4.78, 5) is 17.7. The molecule has 17 heavy (non-hydrogen) atoms. The second kappa shape index (κ2) is 6.27. The Hall–Kier alpha value is 0.0300. The first-order valence-corrected chi connectivity index (χ1v) is 7.13. The Balaban J connectivity index is 4.65. The van der Waals surface area contributed by atoms with Gasteiger partial charge in [0.05, 0.1) is 6.10 Å². The summed E-state index contributed by atoms with van der Waals surface area (Å²) in [5.41, 5.74) is -0.602. The SMILES string of the molecule is CC(C)CC(CC(C)(C)N(C)O)OP(=O)(O)O. The van der Waals surface area contributed by atoms with E-state index in [4.69, 9.17) is 14.3 Å². The van der Waals surface area contributed by atoms with Gasteiger partial charge in [-0.15, -0.1) is 0 Å². The van der Waals surface area contributed by atoms with Crippen molar-refractivity contribution in [1.82, 2.24) is 5.06 Å². The third-order valence-corrected chi connectivity index (χ3v) is 3.20. The molecule has 0 rings (SSSR count). The van der Waals surface area contributed by atoms with Crippen LogP contribution in [0.25, 0.3) is 0 Å². The Bertz CT molecular complexity index is 274. The average Bonchev–Trinajstić information content (AvgIpc) is 1.96. The molecule has 0 fully saturated rings.